The second-order valence-electron chi connectivity index (χ2n) is 2.41. The van der Waals surface area contributed by atoms with Crippen LogP contribution in [0.25, 0.3) is 0 Å². The summed E-state index contributed by atoms with van der Waals surface area (Å²) < 4.78 is 0. The highest BCUT2D eigenvalue weighted by atomic mass is 35.5. The van der Waals surface area contributed by atoms with Gasteiger partial charge in [0.05, 0.1) is 22.7 Å². The number of aliphatic hydroxyl groups is 1. The molecule has 0 aliphatic heterocycles. The van der Waals surface area contributed by atoms with Crippen molar-refractivity contribution in [1.29, 1.82) is 0 Å². The molecule has 0 unspecified atom stereocenters. The van der Waals surface area contributed by atoms with Crippen molar-refractivity contribution in [2.24, 2.45) is 5.73 Å². The quantitative estimate of drug-likeness (QED) is 0.779. The van der Waals surface area contributed by atoms with Crippen molar-refractivity contribution < 1.29 is 5.11 Å². The maximum atomic E-state index is 8.82. The number of rotatable bonds is 2. The predicted molar refractivity (Wildman–Crippen MR) is 53.3 cm³/mol. The third-order valence-corrected chi connectivity index (χ3v) is 2.60. The molecule has 1 atom stereocenters. The number of nitrogens with zero attached hydrogens (tertiary/aromatic N) is 1. The summed E-state index contributed by atoms with van der Waals surface area (Å²) in [5.74, 6) is 0. The first-order valence-corrected chi connectivity index (χ1v) is 4.57. The second kappa shape index (κ2) is 4.44. The molecule has 0 radical (unpaired) electrons. The van der Waals surface area contributed by atoms with Gasteiger partial charge in [-0.2, -0.15) is 0 Å². The molecule has 1 heterocycles. The Bertz CT molecular complexity index is 319. The molecule has 0 fully saturated rings. The predicted octanol–water partition coefficient (Wildman–Crippen LogP) is 2.03. The van der Waals surface area contributed by atoms with Gasteiger partial charge in [-0.1, -0.05) is 34.8 Å². The molecule has 0 bridgehead atoms. The van der Waals surface area contributed by atoms with E-state index < -0.39 is 6.04 Å². The number of hydrogen-bond acceptors (Lipinski definition) is 3. The van der Waals surface area contributed by atoms with Crippen LogP contribution < -0.4 is 5.73 Å². The molecule has 1 rings (SSSR count). The molecule has 3 nitrogen and oxygen atoms in total. The van der Waals surface area contributed by atoms with Gasteiger partial charge in [0.15, 0.2) is 0 Å². The molecule has 0 spiro atoms. The monoisotopic (exact) mass is 240 g/mol. The van der Waals surface area contributed by atoms with Gasteiger partial charge in [-0.15, -0.1) is 0 Å². The molecule has 0 saturated heterocycles. The standard InChI is InChI=1S/C7H7Cl3N2O/c8-3-1-12-7(10)6(9)5(3)4(11)2-13/h1,4,13H,2,11H2/t4-/m1/s1. The number of aliphatic hydroxyl groups excluding tert-OH is 1. The van der Waals surface area contributed by atoms with Crippen LogP contribution in [0.4, 0.5) is 0 Å². The lowest BCUT2D eigenvalue weighted by Gasteiger charge is -2.12. The largest absolute Gasteiger partial charge is 0.394 e. The van der Waals surface area contributed by atoms with Gasteiger partial charge in [-0.3, -0.25) is 0 Å². The van der Waals surface area contributed by atoms with E-state index in [1.807, 2.05) is 0 Å². The zero-order valence-electron chi connectivity index (χ0n) is 6.47. The van der Waals surface area contributed by atoms with Crippen LogP contribution in [0.5, 0.6) is 0 Å². The highest BCUT2D eigenvalue weighted by Crippen LogP contribution is 2.32. The Morgan fingerprint density at radius 1 is 1.46 bits per heavy atom. The van der Waals surface area contributed by atoms with Crippen molar-refractivity contribution >= 4 is 34.8 Å². The van der Waals surface area contributed by atoms with Crippen LogP contribution >= 0.6 is 34.8 Å². The molecule has 3 N–H and O–H groups in total. The van der Waals surface area contributed by atoms with E-state index in [1.165, 1.54) is 6.20 Å². The van der Waals surface area contributed by atoms with Gasteiger partial charge in [0.25, 0.3) is 0 Å². The molecule has 0 amide bonds. The summed E-state index contributed by atoms with van der Waals surface area (Å²) in [4.78, 5) is 3.72. The van der Waals surface area contributed by atoms with E-state index in [2.05, 4.69) is 4.98 Å². The minimum absolute atomic E-state index is 0.130. The SMILES string of the molecule is N[C@H](CO)c1c(Cl)cnc(Cl)c1Cl. The summed E-state index contributed by atoms with van der Waals surface area (Å²) in [5, 5.41) is 9.44. The fourth-order valence-electron chi connectivity index (χ4n) is 0.887. The average Bonchev–Trinajstić information content (AvgIpc) is 2.12. The molecule has 72 valence electrons. The van der Waals surface area contributed by atoms with E-state index in [4.69, 9.17) is 45.6 Å². The van der Waals surface area contributed by atoms with Crippen LogP contribution in [0.3, 0.4) is 0 Å². The first kappa shape index (κ1) is 11.0. The maximum absolute atomic E-state index is 8.82. The van der Waals surface area contributed by atoms with Crippen LogP contribution in [0.1, 0.15) is 11.6 Å². The fraction of sp³-hybridized carbons (Fsp3) is 0.286. The van der Waals surface area contributed by atoms with Crippen LogP contribution in [-0.2, 0) is 0 Å². The van der Waals surface area contributed by atoms with E-state index in [9.17, 15) is 0 Å². The number of hydrogen-bond donors (Lipinski definition) is 2. The Kier molecular flexibility index (Phi) is 3.76. The highest BCUT2D eigenvalue weighted by Gasteiger charge is 2.16. The molecule has 0 aromatic carbocycles. The van der Waals surface area contributed by atoms with Crippen LogP contribution in [0.2, 0.25) is 15.2 Å². The zero-order valence-corrected chi connectivity index (χ0v) is 8.74. The fourth-order valence-corrected chi connectivity index (χ4v) is 1.66. The second-order valence-corrected chi connectivity index (χ2v) is 3.56. The van der Waals surface area contributed by atoms with E-state index >= 15 is 0 Å². The van der Waals surface area contributed by atoms with Crippen molar-refractivity contribution in [3.05, 3.63) is 27.0 Å². The van der Waals surface area contributed by atoms with E-state index in [0.717, 1.165) is 0 Å². The minimum atomic E-state index is -0.638. The molecule has 6 heteroatoms. The normalized spacial score (nSPS) is 13.0. The molecule has 1 aromatic rings. The molecule has 0 aliphatic carbocycles. The summed E-state index contributed by atoms with van der Waals surface area (Å²) in [5.41, 5.74) is 5.98. The third kappa shape index (κ3) is 2.24. The van der Waals surface area contributed by atoms with Gasteiger partial charge in [0.2, 0.25) is 0 Å². The summed E-state index contributed by atoms with van der Waals surface area (Å²) in [6.45, 7) is -0.250. The van der Waals surface area contributed by atoms with Crippen LogP contribution in [0, 0.1) is 0 Å². The van der Waals surface area contributed by atoms with Crippen molar-refractivity contribution in [2.75, 3.05) is 6.61 Å². The smallest absolute Gasteiger partial charge is 0.148 e. The molecular formula is C7H7Cl3N2O. The highest BCUT2D eigenvalue weighted by molar-refractivity contribution is 6.43. The van der Waals surface area contributed by atoms with E-state index in [0.29, 0.717) is 10.6 Å². The Hall–Kier alpha value is -0.0600. The molecule has 1 aromatic heterocycles. The summed E-state index contributed by atoms with van der Waals surface area (Å²) >= 11 is 17.2. The Balaban J connectivity index is 3.25. The Labute approximate surface area is 90.4 Å². The molecule has 0 saturated carbocycles. The van der Waals surface area contributed by atoms with Crippen molar-refractivity contribution in [2.45, 2.75) is 6.04 Å². The maximum Gasteiger partial charge on any atom is 0.148 e. The van der Waals surface area contributed by atoms with Gasteiger partial charge in [0.1, 0.15) is 5.15 Å². The minimum Gasteiger partial charge on any atom is -0.394 e. The Morgan fingerprint density at radius 2 is 2.08 bits per heavy atom. The van der Waals surface area contributed by atoms with Gasteiger partial charge in [0, 0.05) is 11.8 Å². The van der Waals surface area contributed by atoms with Crippen LogP contribution in [0.15, 0.2) is 6.20 Å². The third-order valence-electron chi connectivity index (χ3n) is 1.53. The number of pyridine rings is 1. The van der Waals surface area contributed by atoms with Crippen molar-refractivity contribution in [1.82, 2.24) is 4.98 Å². The first-order valence-electron chi connectivity index (χ1n) is 3.43. The number of aromatic nitrogens is 1. The van der Waals surface area contributed by atoms with Gasteiger partial charge >= 0.3 is 0 Å². The molecule has 0 aliphatic rings. The lowest BCUT2D eigenvalue weighted by atomic mass is 10.1. The number of nitrogens with two attached hydrogens (primary N) is 1. The van der Waals surface area contributed by atoms with Crippen LogP contribution in [-0.4, -0.2) is 16.7 Å². The van der Waals surface area contributed by atoms with Crippen molar-refractivity contribution in [3.8, 4) is 0 Å². The van der Waals surface area contributed by atoms with Crippen molar-refractivity contribution in [3.63, 3.8) is 0 Å². The molecule has 13 heavy (non-hydrogen) atoms. The lowest BCUT2D eigenvalue weighted by Crippen LogP contribution is -2.15. The topological polar surface area (TPSA) is 59.1 Å². The summed E-state index contributed by atoms with van der Waals surface area (Å²) in [6, 6.07) is -0.638. The molecular weight excluding hydrogens is 234 g/mol. The average molecular weight is 242 g/mol. The van der Waals surface area contributed by atoms with Gasteiger partial charge < -0.3 is 10.8 Å². The van der Waals surface area contributed by atoms with Gasteiger partial charge in [-0.25, -0.2) is 4.98 Å². The lowest BCUT2D eigenvalue weighted by molar-refractivity contribution is 0.268. The summed E-state index contributed by atoms with van der Waals surface area (Å²) in [6.07, 6.45) is 1.35. The number of halogens is 3. The summed E-state index contributed by atoms with van der Waals surface area (Å²) in [7, 11) is 0. The van der Waals surface area contributed by atoms with E-state index in [-0.39, 0.29) is 16.8 Å². The Morgan fingerprint density at radius 3 is 2.62 bits per heavy atom. The zero-order chi connectivity index (χ0) is 10.0. The van der Waals surface area contributed by atoms with Gasteiger partial charge in [-0.05, 0) is 0 Å². The first-order chi connectivity index (χ1) is 6.07. The van der Waals surface area contributed by atoms with E-state index in [1.54, 1.807) is 0 Å².